The number of carboxylic acid groups (broad SMARTS) is 1. The highest BCUT2D eigenvalue weighted by Gasteiger charge is 2.57. The van der Waals surface area contributed by atoms with Crippen molar-refractivity contribution in [2.45, 2.75) is 44.1 Å². The van der Waals surface area contributed by atoms with E-state index in [1.54, 1.807) is 19.3 Å². The van der Waals surface area contributed by atoms with Crippen LogP contribution in [-0.4, -0.2) is 44.4 Å². The van der Waals surface area contributed by atoms with Gasteiger partial charge in [0.1, 0.15) is 0 Å². The van der Waals surface area contributed by atoms with E-state index in [1.165, 1.54) is 23.7 Å². The first-order valence-electron chi connectivity index (χ1n) is 7.32. The molecule has 0 aromatic heterocycles. The Hall–Kier alpha value is -0.770. The Bertz CT molecular complexity index is 311. The number of ether oxygens (including phenoxy) is 1. The summed E-state index contributed by atoms with van der Waals surface area (Å²) in [4.78, 5) is 9.03. The quantitative estimate of drug-likeness (QED) is 0.537. The molecule has 19 heavy (non-hydrogen) atoms. The molecule has 110 valence electrons. The van der Waals surface area contributed by atoms with Crippen molar-refractivity contribution < 1.29 is 19.1 Å². The van der Waals surface area contributed by atoms with Crippen LogP contribution in [0.25, 0.3) is 0 Å². The second-order valence-corrected chi connectivity index (χ2v) is 7.61. The van der Waals surface area contributed by atoms with Crippen molar-refractivity contribution in [1.82, 2.24) is 0 Å². The van der Waals surface area contributed by atoms with Gasteiger partial charge < -0.3 is 19.1 Å². The molecule has 4 fully saturated rings. The molecule has 0 N–H and O–H groups in total. The number of hydrogen-bond acceptors (Lipinski definition) is 3. The first-order chi connectivity index (χ1) is 8.75. The number of methoxy groups -OCH3 is 1. The van der Waals surface area contributed by atoms with E-state index in [4.69, 9.17) is 9.90 Å². The maximum atomic E-state index is 9.03. The molecule has 0 aliphatic heterocycles. The molecule has 0 aromatic carbocycles. The normalized spacial score (nSPS) is 39.5. The molecule has 0 spiro atoms. The molecule has 0 amide bonds. The lowest BCUT2D eigenvalue weighted by Gasteiger charge is -2.61. The van der Waals surface area contributed by atoms with Crippen LogP contribution in [0, 0.1) is 17.8 Å². The summed E-state index contributed by atoms with van der Waals surface area (Å²) in [6.07, 6.45) is 7.80. The van der Waals surface area contributed by atoms with Crippen LogP contribution in [0.4, 0.5) is 4.79 Å². The van der Waals surface area contributed by atoms with Crippen molar-refractivity contribution in [3.8, 4) is 0 Å². The average Bonchev–Trinajstić information content (AvgIpc) is 2.26. The number of nitrogens with zero attached hydrogens (tertiary/aromatic N) is 1. The van der Waals surface area contributed by atoms with Crippen LogP contribution in [0.1, 0.15) is 38.5 Å². The molecular formula is C15H27NO3. The largest absolute Gasteiger partial charge is 0.553 e. The molecule has 4 rings (SSSR count). The Morgan fingerprint density at radius 2 is 1.37 bits per heavy atom. The highest BCUT2D eigenvalue weighted by Crippen LogP contribution is 2.58. The van der Waals surface area contributed by atoms with Gasteiger partial charge >= 0.3 is 0 Å². The van der Waals surface area contributed by atoms with Gasteiger partial charge in [-0.05, 0) is 37.0 Å². The Morgan fingerprint density at radius 1 is 1.05 bits per heavy atom. The summed E-state index contributed by atoms with van der Waals surface area (Å²) in [5, 5.41) is 9.03. The van der Waals surface area contributed by atoms with Crippen molar-refractivity contribution >= 4 is 6.16 Å². The Balaban J connectivity index is 0.000000232. The second-order valence-electron chi connectivity index (χ2n) is 7.61. The van der Waals surface area contributed by atoms with Crippen LogP contribution in [0.3, 0.4) is 0 Å². The highest BCUT2D eigenvalue weighted by molar-refractivity contribution is 5.53. The fraction of sp³-hybridized carbons (Fsp3) is 0.933. The van der Waals surface area contributed by atoms with Gasteiger partial charge in [0, 0.05) is 26.4 Å². The van der Waals surface area contributed by atoms with E-state index in [0.717, 1.165) is 24.9 Å². The molecule has 0 unspecified atom stereocenters. The predicted molar refractivity (Wildman–Crippen MR) is 71.3 cm³/mol. The molecule has 4 nitrogen and oxygen atoms in total. The summed E-state index contributed by atoms with van der Waals surface area (Å²) in [7, 11) is 8.31. The summed E-state index contributed by atoms with van der Waals surface area (Å²) < 4.78 is 4.77. The van der Waals surface area contributed by atoms with Crippen molar-refractivity contribution in [2.24, 2.45) is 17.8 Å². The van der Waals surface area contributed by atoms with Crippen molar-refractivity contribution in [3.63, 3.8) is 0 Å². The lowest BCUT2D eigenvalue weighted by Crippen LogP contribution is -2.65. The van der Waals surface area contributed by atoms with E-state index in [-0.39, 0.29) is 0 Å². The van der Waals surface area contributed by atoms with Gasteiger partial charge in [0.25, 0.3) is 6.16 Å². The number of carbonyl (C=O) groups excluding carboxylic acids is 1. The highest BCUT2D eigenvalue weighted by atomic mass is 16.6. The molecule has 0 aromatic rings. The molecular weight excluding hydrogens is 242 g/mol. The molecule has 0 radical (unpaired) electrons. The molecule has 0 saturated heterocycles. The SMILES string of the molecule is COC(=O)[O-].C[N+](C)(C)C12CC3CC(CC(C3)C1)C2. The molecule has 4 aliphatic carbocycles. The zero-order chi connectivity index (χ0) is 14.3. The smallest absolute Gasteiger partial charge is 0.251 e. The van der Waals surface area contributed by atoms with Gasteiger partial charge in [0.15, 0.2) is 0 Å². The Labute approximate surface area is 116 Å². The first-order valence-corrected chi connectivity index (χ1v) is 7.32. The third-order valence-electron chi connectivity index (χ3n) is 5.60. The second kappa shape index (κ2) is 4.97. The van der Waals surface area contributed by atoms with E-state index < -0.39 is 6.16 Å². The summed E-state index contributed by atoms with van der Waals surface area (Å²) in [6, 6.07) is 0. The Morgan fingerprint density at radius 3 is 1.58 bits per heavy atom. The van der Waals surface area contributed by atoms with Gasteiger partial charge in [-0.15, -0.1) is 0 Å². The monoisotopic (exact) mass is 269 g/mol. The lowest BCUT2D eigenvalue weighted by atomic mass is 9.52. The van der Waals surface area contributed by atoms with Crippen molar-refractivity contribution in [2.75, 3.05) is 28.3 Å². The fourth-order valence-electron chi connectivity index (χ4n) is 4.89. The predicted octanol–water partition coefficient (Wildman–Crippen LogP) is 1.64. The summed E-state index contributed by atoms with van der Waals surface area (Å²) >= 11 is 0. The molecule has 4 heteroatoms. The molecule has 0 atom stereocenters. The summed E-state index contributed by atoms with van der Waals surface area (Å²) in [6.45, 7) is 0. The number of quaternary nitrogens is 1. The van der Waals surface area contributed by atoms with Gasteiger partial charge in [0.05, 0.1) is 26.7 Å². The van der Waals surface area contributed by atoms with Gasteiger partial charge in [0.2, 0.25) is 0 Å². The number of rotatable bonds is 1. The minimum atomic E-state index is -1.50. The van der Waals surface area contributed by atoms with Gasteiger partial charge in [-0.3, -0.25) is 0 Å². The van der Waals surface area contributed by atoms with Crippen LogP contribution in [-0.2, 0) is 4.74 Å². The van der Waals surface area contributed by atoms with Crippen LogP contribution >= 0.6 is 0 Å². The van der Waals surface area contributed by atoms with Crippen LogP contribution in [0.15, 0.2) is 0 Å². The van der Waals surface area contributed by atoms with Crippen LogP contribution in [0.2, 0.25) is 0 Å². The first kappa shape index (κ1) is 14.6. The summed E-state index contributed by atoms with van der Waals surface area (Å²) in [5.41, 5.74) is 0.675. The van der Waals surface area contributed by atoms with E-state index in [9.17, 15) is 0 Å². The summed E-state index contributed by atoms with van der Waals surface area (Å²) in [5.74, 6) is 3.29. The third kappa shape index (κ3) is 2.88. The van der Waals surface area contributed by atoms with Gasteiger partial charge in [-0.2, -0.15) is 0 Å². The molecule has 4 bridgehead atoms. The van der Waals surface area contributed by atoms with Gasteiger partial charge in [-0.1, -0.05) is 0 Å². The number of hydrogen-bond donors (Lipinski definition) is 0. The van der Waals surface area contributed by atoms with Crippen LogP contribution in [0.5, 0.6) is 0 Å². The van der Waals surface area contributed by atoms with E-state index in [1.807, 2.05) is 0 Å². The minimum Gasteiger partial charge on any atom is -0.553 e. The van der Waals surface area contributed by atoms with Crippen molar-refractivity contribution in [3.05, 3.63) is 0 Å². The fourth-order valence-corrected chi connectivity index (χ4v) is 4.89. The Kier molecular flexibility index (Phi) is 3.83. The zero-order valence-corrected chi connectivity index (χ0v) is 12.6. The third-order valence-corrected chi connectivity index (χ3v) is 5.60. The van der Waals surface area contributed by atoms with Gasteiger partial charge in [-0.25, -0.2) is 0 Å². The molecule has 4 saturated carbocycles. The zero-order valence-electron chi connectivity index (χ0n) is 12.6. The standard InChI is InChI=1S/C13H24N.C2H4O3/c1-14(2,3)13-7-10-4-11(8-13)6-12(5-10)9-13;1-5-2(3)4/h10-12H,4-9H2,1-3H3;1H3,(H,3,4)/q+1;/p-1. The average molecular weight is 269 g/mol. The van der Waals surface area contributed by atoms with Crippen molar-refractivity contribution in [1.29, 1.82) is 0 Å². The topological polar surface area (TPSA) is 49.4 Å². The maximum absolute atomic E-state index is 9.03. The van der Waals surface area contributed by atoms with E-state index in [0.29, 0.717) is 5.54 Å². The molecule has 4 aliphatic rings. The van der Waals surface area contributed by atoms with Crippen LogP contribution < -0.4 is 5.11 Å². The van der Waals surface area contributed by atoms with E-state index >= 15 is 0 Å². The molecule has 0 heterocycles. The number of carbonyl (C=O) groups is 1. The minimum absolute atomic E-state index is 0.675. The van der Waals surface area contributed by atoms with E-state index in [2.05, 4.69) is 25.9 Å². The lowest BCUT2D eigenvalue weighted by molar-refractivity contribution is -0.930. The maximum Gasteiger partial charge on any atom is 0.251 e.